The van der Waals surface area contributed by atoms with E-state index < -0.39 is 5.91 Å². The molecule has 0 aromatic heterocycles. The highest BCUT2D eigenvalue weighted by Crippen LogP contribution is 2.13. The Morgan fingerprint density at radius 3 is 2.31 bits per heavy atom. The molecule has 0 spiro atoms. The molecule has 154 valence electrons. The third-order valence-electron chi connectivity index (χ3n) is 5.19. The van der Waals surface area contributed by atoms with Crippen molar-refractivity contribution in [2.24, 2.45) is 5.73 Å². The van der Waals surface area contributed by atoms with Crippen molar-refractivity contribution in [3.05, 3.63) is 60.2 Å². The number of carbonyl (C=O) groups is 2. The van der Waals surface area contributed by atoms with Crippen LogP contribution in [0.5, 0.6) is 5.75 Å². The van der Waals surface area contributed by atoms with Crippen LogP contribution >= 0.6 is 0 Å². The molecule has 0 saturated carbocycles. The third kappa shape index (κ3) is 6.04. The fraction of sp³-hybridized carbons (Fsp3) is 0.364. The van der Waals surface area contributed by atoms with Gasteiger partial charge >= 0.3 is 0 Å². The van der Waals surface area contributed by atoms with Gasteiger partial charge in [-0.05, 0) is 43.3 Å². The van der Waals surface area contributed by atoms with E-state index in [1.54, 1.807) is 24.3 Å². The Morgan fingerprint density at radius 2 is 1.69 bits per heavy atom. The molecule has 2 aromatic carbocycles. The lowest BCUT2D eigenvalue weighted by Crippen LogP contribution is -2.53. The number of para-hydroxylation sites is 1. The summed E-state index contributed by atoms with van der Waals surface area (Å²) in [6.07, 6.45) is 0. The van der Waals surface area contributed by atoms with Crippen LogP contribution in [0.2, 0.25) is 0 Å². The summed E-state index contributed by atoms with van der Waals surface area (Å²) in [6, 6.07) is 16.2. The predicted molar refractivity (Wildman–Crippen MR) is 113 cm³/mol. The average molecular weight is 396 g/mol. The van der Waals surface area contributed by atoms with Gasteiger partial charge in [-0.3, -0.25) is 19.4 Å². The number of rotatable bonds is 8. The van der Waals surface area contributed by atoms with Crippen molar-refractivity contribution in [3.8, 4) is 5.75 Å². The molecule has 1 fully saturated rings. The molecule has 1 heterocycles. The van der Waals surface area contributed by atoms with Gasteiger partial charge in [-0.2, -0.15) is 0 Å². The van der Waals surface area contributed by atoms with E-state index in [4.69, 9.17) is 10.5 Å². The van der Waals surface area contributed by atoms with Crippen molar-refractivity contribution >= 4 is 17.5 Å². The first-order valence-electron chi connectivity index (χ1n) is 9.88. The number of benzene rings is 2. The van der Waals surface area contributed by atoms with Gasteiger partial charge in [0, 0.05) is 44.0 Å². The first-order valence-corrected chi connectivity index (χ1v) is 9.88. The minimum atomic E-state index is -0.483. The number of hydrogen-bond acceptors (Lipinski definition) is 5. The fourth-order valence-electron chi connectivity index (χ4n) is 3.31. The molecular weight excluding hydrogens is 368 g/mol. The van der Waals surface area contributed by atoms with Crippen LogP contribution in [0.4, 0.5) is 5.69 Å². The van der Waals surface area contributed by atoms with Crippen LogP contribution in [0.1, 0.15) is 17.3 Å². The molecule has 2 aromatic rings. The monoisotopic (exact) mass is 396 g/mol. The molecule has 1 aliphatic heterocycles. The van der Waals surface area contributed by atoms with Crippen LogP contribution < -0.4 is 15.8 Å². The average Bonchev–Trinajstić information content (AvgIpc) is 2.75. The number of hydrogen-bond donors (Lipinski definition) is 2. The molecule has 7 heteroatoms. The van der Waals surface area contributed by atoms with E-state index in [0.717, 1.165) is 38.5 Å². The molecule has 1 saturated heterocycles. The van der Waals surface area contributed by atoms with E-state index >= 15 is 0 Å². The van der Waals surface area contributed by atoms with Gasteiger partial charge in [-0.1, -0.05) is 18.2 Å². The Morgan fingerprint density at radius 1 is 1.03 bits per heavy atom. The minimum absolute atomic E-state index is 0.0577. The van der Waals surface area contributed by atoms with Gasteiger partial charge in [0.05, 0.1) is 6.04 Å². The number of nitrogens with zero attached hydrogens (tertiary/aromatic N) is 2. The smallest absolute Gasteiger partial charge is 0.248 e. The van der Waals surface area contributed by atoms with E-state index in [1.165, 1.54) is 0 Å². The SMILES string of the molecule is CC(C(=O)Nc1ccc(C(N)=O)cc1)N1CCN(CCOc2ccccc2)CC1. The molecule has 7 nitrogen and oxygen atoms in total. The second-order valence-corrected chi connectivity index (χ2v) is 7.15. The number of nitrogens with two attached hydrogens (primary N) is 1. The molecule has 29 heavy (non-hydrogen) atoms. The summed E-state index contributed by atoms with van der Waals surface area (Å²) >= 11 is 0. The molecule has 3 rings (SSSR count). The highest BCUT2D eigenvalue weighted by molar-refractivity contribution is 5.96. The summed E-state index contributed by atoms with van der Waals surface area (Å²) in [4.78, 5) is 28.2. The molecular formula is C22H28N4O3. The van der Waals surface area contributed by atoms with Crippen LogP contribution in [-0.4, -0.2) is 67.0 Å². The maximum Gasteiger partial charge on any atom is 0.248 e. The van der Waals surface area contributed by atoms with Gasteiger partial charge in [0.15, 0.2) is 0 Å². The van der Waals surface area contributed by atoms with Gasteiger partial charge in [-0.15, -0.1) is 0 Å². The molecule has 0 radical (unpaired) electrons. The number of nitrogens with one attached hydrogen (secondary N) is 1. The second-order valence-electron chi connectivity index (χ2n) is 7.15. The highest BCUT2D eigenvalue weighted by Gasteiger charge is 2.25. The summed E-state index contributed by atoms with van der Waals surface area (Å²) in [7, 11) is 0. The van der Waals surface area contributed by atoms with E-state index in [0.29, 0.717) is 17.9 Å². The third-order valence-corrected chi connectivity index (χ3v) is 5.19. The topological polar surface area (TPSA) is 87.9 Å². The normalized spacial score (nSPS) is 16.2. The second kappa shape index (κ2) is 10.0. The lowest BCUT2D eigenvalue weighted by molar-refractivity contribution is -0.121. The van der Waals surface area contributed by atoms with Crippen molar-refractivity contribution in [3.63, 3.8) is 0 Å². The number of primary amides is 1. The highest BCUT2D eigenvalue weighted by atomic mass is 16.5. The molecule has 1 aliphatic rings. The van der Waals surface area contributed by atoms with Crippen LogP contribution in [0.15, 0.2) is 54.6 Å². The number of ether oxygens (including phenoxy) is 1. The lowest BCUT2D eigenvalue weighted by Gasteiger charge is -2.37. The summed E-state index contributed by atoms with van der Waals surface area (Å²) in [5.74, 6) is 0.348. The van der Waals surface area contributed by atoms with Crippen molar-refractivity contribution in [2.45, 2.75) is 13.0 Å². The van der Waals surface area contributed by atoms with E-state index in [1.807, 2.05) is 37.3 Å². The molecule has 1 atom stereocenters. The van der Waals surface area contributed by atoms with E-state index in [-0.39, 0.29) is 11.9 Å². The van der Waals surface area contributed by atoms with Crippen LogP contribution in [-0.2, 0) is 4.79 Å². The zero-order valence-corrected chi connectivity index (χ0v) is 16.7. The Hall–Kier alpha value is -2.90. The number of carbonyl (C=O) groups excluding carboxylic acids is 2. The quantitative estimate of drug-likeness (QED) is 0.711. The first-order chi connectivity index (χ1) is 14.0. The van der Waals surface area contributed by atoms with Crippen molar-refractivity contribution in [1.29, 1.82) is 0 Å². The van der Waals surface area contributed by atoms with Crippen LogP contribution in [0.25, 0.3) is 0 Å². The number of amides is 2. The maximum absolute atomic E-state index is 12.6. The summed E-state index contributed by atoms with van der Waals surface area (Å²) in [5, 5.41) is 2.90. The predicted octanol–water partition coefficient (Wildman–Crippen LogP) is 1.81. The van der Waals surface area contributed by atoms with Crippen LogP contribution in [0.3, 0.4) is 0 Å². The van der Waals surface area contributed by atoms with Crippen molar-refractivity contribution < 1.29 is 14.3 Å². The largest absolute Gasteiger partial charge is 0.492 e. The Labute approximate surface area is 171 Å². The molecule has 0 aliphatic carbocycles. The van der Waals surface area contributed by atoms with E-state index in [2.05, 4.69) is 15.1 Å². The zero-order chi connectivity index (χ0) is 20.6. The van der Waals surface area contributed by atoms with Gasteiger partial charge in [-0.25, -0.2) is 0 Å². The van der Waals surface area contributed by atoms with E-state index in [9.17, 15) is 9.59 Å². The van der Waals surface area contributed by atoms with Gasteiger partial charge < -0.3 is 15.8 Å². The van der Waals surface area contributed by atoms with Crippen molar-refractivity contribution in [2.75, 3.05) is 44.6 Å². The lowest BCUT2D eigenvalue weighted by atomic mass is 10.1. The summed E-state index contributed by atoms with van der Waals surface area (Å²) in [5.41, 5.74) is 6.31. The summed E-state index contributed by atoms with van der Waals surface area (Å²) in [6.45, 7) is 6.92. The Balaban J connectivity index is 1.40. The van der Waals surface area contributed by atoms with Gasteiger partial charge in [0.1, 0.15) is 12.4 Å². The first kappa shape index (κ1) is 20.8. The minimum Gasteiger partial charge on any atom is -0.492 e. The van der Waals surface area contributed by atoms with Crippen LogP contribution in [0, 0.1) is 0 Å². The Bertz CT molecular complexity index is 803. The molecule has 3 N–H and O–H groups in total. The van der Waals surface area contributed by atoms with Gasteiger partial charge in [0.2, 0.25) is 11.8 Å². The molecule has 2 amide bonds. The molecule has 0 bridgehead atoms. The standard InChI is InChI=1S/C22H28N4O3/c1-17(22(28)24-19-9-7-18(8-10-19)21(23)27)26-13-11-25(12-14-26)15-16-29-20-5-3-2-4-6-20/h2-10,17H,11-16H2,1H3,(H2,23,27)(H,24,28). The molecule has 1 unspecified atom stereocenters. The number of piperazine rings is 1. The fourth-order valence-corrected chi connectivity index (χ4v) is 3.31. The van der Waals surface area contributed by atoms with Gasteiger partial charge in [0.25, 0.3) is 0 Å². The van der Waals surface area contributed by atoms with Crippen molar-refractivity contribution in [1.82, 2.24) is 9.80 Å². The number of anilines is 1. The Kier molecular flexibility index (Phi) is 7.21. The summed E-state index contributed by atoms with van der Waals surface area (Å²) < 4.78 is 5.76. The maximum atomic E-state index is 12.6. The zero-order valence-electron chi connectivity index (χ0n) is 16.7.